The summed E-state index contributed by atoms with van der Waals surface area (Å²) in [4.78, 5) is 27.0. The molecule has 0 saturated carbocycles. The van der Waals surface area contributed by atoms with Crippen LogP contribution in [-0.2, 0) is 11.3 Å². The van der Waals surface area contributed by atoms with Crippen LogP contribution in [0.15, 0.2) is 42.5 Å². The van der Waals surface area contributed by atoms with Gasteiger partial charge in [0.15, 0.2) is 0 Å². The molecule has 1 aliphatic heterocycles. The van der Waals surface area contributed by atoms with Gasteiger partial charge in [-0.2, -0.15) is 0 Å². The number of rotatable bonds is 5. The van der Waals surface area contributed by atoms with Gasteiger partial charge in [-0.1, -0.05) is 24.3 Å². The van der Waals surface area contributed by atoms with Crippen molar-refractivity contribution in [2.75, 3.05) is 19.6 Å². The maximum Gasteiger partial charge on any atom is 0.317 e. The zero-order valence-electron chi connectivity index (χ0n) is 17.3. The molecule has 0 radical (unpaired) electrons. The average Bonchev–Trinajstić information content (AvgIpc) is 2.74. The van der Waals surface area contributed by atoms with Crippen LogP contribution in [0.25, 0.3) is 0 Å². The predicted octanol–water partition coefficient (Wildman–Crippen LogP) is 3.72. The number of halogens is 2. The van der Waals surface area contributed by atoms with Gasteiger partial charge < -0.3 is 15.5 Å². The maximum absolute atomic E-state index is 13.7. The van der Waals surface area contributed by atoms with Gasteiger partial charge in [0.05, 0.1) is 5.92 Å². The first kappa shape index (κ1) is 21.7. The van der Waals surface area contributed by atoms with E-state index < -0.39 is 5.92 Å². The molecule has 3 rings (SSSR count). The van der Waals surface area contributed by atoms with Gasteiger partial charge in [-0.25, -0.2) is 13.6 Å². The number of carbonyl (C=O) groups is 2. The lowest BCUT2D eigenvalue weighted by molar-refractivity contribution is -0.126. The molecule has 160 valence electrons. The Balaban J connectivity index is 1.75. The van der Waals surface area contributed by atoms with Gasteiger partial charge in [0.25, 0.3) is 0 Å². The Hall–Kier alpha value is -2.96. The third kappa shape index (κ3) is 5.34. The molecule has 0 aliphatic carbocycles. The lowest BCUT2D eigenvalue weighted by atomic mass is 9.83. The fourth-order valence-corrected chi connectivity index (χ4v) is 3.86. The molecule has 2 aromatic carbocycles. The van der Waals surface area contributed by atoms with Crippen molar-refractivity contribution in [1.29, 1.82) is 0 Å². The Morgan fingerprint density at radius 1 is 1.10 bits per heavy atom. The summed E-state index contributed by atoms with van der Waals surface area (Å²) in [6, 6.07) is 10.8. The molecule has 2 aromatic rings. The Morgan fingerprint density at radius 2 is 1.90 bits per heavy atom. The molecule has 0 spiro atoms. The molecule has 1 saturated heterocycles. The summed E-state index contributed by atoms with van der Waals surface area (Å²) in [5.74, 6) is -1.30. The van der Waals surface area contributed by atoms with Crippen molar-refractivity contribution in [2.45, 2.75) is 32.7 Å². The van der Waals surface area contributed by atoms with Crippen molar-refractivity contribution in [3.63, 3.8) is 0 Å². The standard InChI is InChI=1S/C23H27F2N3O2/c1-3-26-23(30)28-13-18(17-7-8-21(25)15(2)9-17)11-19(14-28)22(29)27-12-16-5-4-6-20(24)10-16/h4-10,18-19H,3,11-14H2,1-2H3,(H,26,30)(H,27,29)/t18-,19+/m0/s1. The van der Waals surface area contributed by atoms with Crippen LogP contribution >= 0.6 is 0 Å². The van der Waals surface area contributed by atoms with Crippen molar-refractivity contribution < 1.29 is 18.4 Å². The molecule has 2 atom stereocenters. The highest BCUT2D eigenvalue weighted by Crippen LogP contribution is 2.31. The van der Waals surface area contributed by atoms with Crippen molar-refractivity contribution in [3.05, 3.63) is 70.8 Å². The summed E-state index contributed by atoms with van der Waals surface area (Å²) in [6.07, 6.45) is 0.552. The Labute approximate surface area is 175 Å². The second kappa shape index (κ2) is 9.69. The minimum atomic E-state index is -0.412. The Bertz CT molecular complexity index is 919. The molecule has 7 heteroatoms. The van der Waals surface area contributed by atoms with Gasteiger partial charge in [0.1, 0.15) is 11.6 Å². The van der Waals surface area contributed by atoms with E-state index in [2.05, 4.69) is 10.6 Å². The van der Waals surface area contributed by atoms with Crippen LogP contribution in [0.5, 0.6) is 0 Å². The number of amides is 3. The second-order valence-corrected chi connectivity index (χ2v) is 7.73. The molecule has 0 aromatic heterocycles. The SMILES string of the molecule is CCNC(=O)N1C[C@H](C(=O)NCc2cccc(F)c2)C[C@H](c2ccc(F)c(C)c2)C1. The third-order valence-electron chi connectivity index (χ3n) is 5.45. The number of hydrogen-bond acceptors (Lipinski definition) is 2. The van der Waals surface area contributed by atoms with E-state index in [0.717, 1.165) is 5.56 Å². The topological polar surface area (TPSA) is 61.4 Å². The van der Waals surface area contributed by atoms with Gasteiger partial charge in [0, 0.05) is 32.1 Å². The van der Waals surface area contributed by atoms with Gasteiger partial charge in [0.2, 0.25) is 5.91 Å². The first-order valence-corrected chi connectivity index (χ1v) is 10.2. The van der Waals surface area contributed by atoms with E-state index in [-0.39, 0.29) is 36.0 Å². The quantitative estimate of drug-likeness (QED) is 0.782. The zero-order valence-corrected chi connectivity index (χ0v) is 17.3. The number of nitrogens with one attached hydrogen (secondary N) is 2. The van der Waals surface area contributed by atoms with Crippen LogP contribution in [-0.4, -0.2) is 36.5 Å². The number of piperidine rings is 1. The highest BCUT2D eigenvalue weighted by molar-refractivity contribution is 5.81. The van der Waals surface area contributed by atoms with E-state index >= 15 is 0 Å². The van der Waals surface area contributed by atoms with E-state index in [1.54, 1.807) is 36.1 Å². The number of urea groups is 1. The van der Waals surface area contributed by atoms with Gasteiger partial charge in [-0.15, -0.1) is 0 Å². The number of aryl methyl sites for hydroxylation is 1. The van der Waals surface area contributed by atoms with Crippen LogP contribution in [0.1, 0.15) is 36.0 Å². The number of carbonyl (C=O) groups excluding carboxylic acids is 2. The second-order valence-electron chi connectivity index (χ2n) is 7.73. The minimum Gasteiger partial charge on any atom is -0.352 e. The number of nitrogens with zero attached hydrogens (tertiary/aromatic N) is 1. The molecule has 5 nitrogen and oxygen atoms in total. The summed E-state index contributed by atoms with van der Waals surface area (Å²) < 4.78 is 27.1. The normalized spacial score (nSPS) is 18.7. The van der Waals surface area contributed by atoms with Crippen molar-refractivity contribution in [3.8, 4) is 0 Å². The van der Waals surface area contributed by atoms with Crippen LogP contribution in [0.4, 0.5) is 13.6 Å². The average molecular weight is 415 g/mol. The molecule has 3 amide bonds. The molecule has 0 unspecified atom stereocenters. The summed E-state index contributed by atoms with van der Waals surface area (Å²) in [7, 11) is 0. The molecule has 1 heterocycles. The van der Waals surface area contributed by atoms with E-state index in [9.17, 15) is 18.4 Å². The van der Waals surface area contributed by atoms with Crippen LogP contribution in [0, 0.1) is 24.5 Å². The molecular weight excluding hydrogens is 388 g/mol. The summed E-state index contributed by atoms with van der Waals surface area (Å²) in [6.45, 7) is 5.01. The third-order valence-corrected chi connectivity index (χ3v) is 5.45. The molecular formula is C23H27F2N3O2. The van der Waals surface area contributed by atoms with E-state index in [1.165, 1.54) is 18.2 Å². The summed E-state index contributed by atoms with van der Waals surface area (Å²) >= 11 is 0. The Morgan fingerprint density at radius 3 is 2.60 bits per heavy atom. The van der Waals surface area contributed by atoms with Crippen molar-refractivity contribution >= 4 is 11.9 Å². The zero-order chi connectivity index (χ0) is 21.7. The predicted molar refractivity (Wildman–Crippen MR) is 111 cm³/mol. The van der Waals surface area contributed by atoms with Gasteiger partial charge >= 0.3 is 6.03 Å². The number of benzene rings is 2. The van der Waals surface area contributed by atoms with Gasteiger partial charge in [-0.05, 0) is 55.2 Å². The monoisotopic (exact) mass is 415 g/mol. The highest BCUT2D eigenvalue weighted by atomic mass is 19.1. The van der Waals surface area contributed by atoms with E-state index in [0.29, 0.717) is 37.2 Å². The molecule has 30 heavy (non-hydrogen) atoms. The van der Waals surface area contributed by atoms with E-state index in [1.807, 2.05) is 6.92 Å². The maximum atomic E-state index is 13.7. The van der Waals surface area contributed by atoms with Gasteiger partial charge in [-0.3, -0.25) is 4.79 Å². The smallest absolute Gasteiger partial charge is 0.317 e. The minimum absolute atomic E-state index is 0.0782. The largest absolute Gasteiger partial charge is 0.352 e. The molecule has 2 N–H and O–H groups in total. The summed E-state index contributed by atoms with van der Waals surface area (Å²) in [5, 5.41) is 5.64. The van der Waals surface area contributed by atoms with Crippen molar-refractivity contribution in [2.24, 2.45) is 5.92 Å². The number of likely N-dealkylation sites (tertiary alicyclic amines) is 1. The Kier molecular flexibility index (Phi) is 7.03. The first-order chi connectivity index (χ1) is 14.4. The summed E-state index contributed by atoms with van der Waals surface area (Å²) in [5.41, 5.74) is 2.12. The van der Waals surface area contributed by atoms with Crippen LogP contribution in [0.2, 0.25) is 0 Å². The fraction of sp³-hybridized carbons (Fsp3) is 0.391. The van der Waals surface area contributed by atoms with Crippen LogP contribution in [0.3, 0.4) is 0 Å². The molecule has 1 fully saturated rings. The lowest BCUT2D eigenvalue weighted by Crippen LogP contribution is -2.51. The van der Waals surface area contributed by atoms with Crippen LogP contribution < -0.4 is 10.6 Å². The molecule has 0 bridgehead atoms. The lowest BCUT2D eigenvalue weighted by Gasteiger charge is -2.37. The van der Waals surface area contributed by atoms with E-state index in [4.69, 9.17) is 0 Å². The molecule has 1 aliphatic rings. The first-order valence-electron chi connectivity index (χ1n) is 10.2. The number of hydrogen-bond donors (Lipinski definition) is 2. The fourth-order valence-electron chi connectivity index (χ4n) is 3.86. The van der Waals surface area contributed by atoms with Crippen molar-refractivity contribution in [1.82, 2.24) is 15.5 Å². The highest BCUT2D eigenvalue weighted by Gasteiger charge is 2.34.